The zero-order chi connectivity index (χ0) is 16.1. The molecular formula is C16H21N3O4. The number of aliphatic hydroxyl groups is 2. The van der Waals surface area contributed by atoms with Gasteiger partial charge in [-0.3, -0.25) is 0 Å². The number of ether oxygens (including phenoxy) is 2. The van der Waals surface area contributed by atoms with Crippen LogP contribution in [-0.2, 0) is 24.5 Å². The van der Waals surface area contributed by atoms with Gasteiger partial charge in [-0.1, -0.05) is 17.3 Å². The Hall–Kier alpha value is -1.96. The third kappa shape index (κ3) is 4.28. The fraction of sp³-hybridized carbons (Fsp3) is 0.500. The summed E-state index contributed by atoms with van der Waals surface area (Å²) >= 11 is 0. The summed E-state index contributed by atoms with van der Waals surface area (Å²) in [6, 6.07) is 7.23. The summed E-state index contributed by atoms with van der Waals surface area (Å²) in [5, 5.41) is 27.5. The van der Waals surface area contributed by atoms with Gasteiger partial charge in [0, 0.05) is 6.61 Å². The Kier molecular flexibility index (Phi) is 4.90. The Balaban J connectivity index is 1.54. The van der Waals surface area contributed by atoms with Gasteiger partial charge in [-0.05, 0) is 30.5 Å². The second-order valence-corrected chi connectivity index (χ2v) is 5.88. The van der Waals surface area contributed by atoms with E-state index in [1.807, 2.05) is 12.1 Å². The van der Waals surface area contributed by atoms with Gasteiger partial charge in [-0.2, -0.15) is 0 Å². The van der Waals surface area contributed by atoms with Gasteiger partial charge in [-0.15, -0.1) is 5.10 Å². The zero-order valence-electron chi connectivity index (χ0n) is 12.9. The Bertz CT molecular complexity index is 621. The highest BCUT2D eigenvalue weighted by Gasteiger charge is 2.31. The number of benzene rings is 1. The molecule has 23 heavy (non-hydrogen) atoms. The van der Waals surface area contributed by atoms with Crippen LogP contribution in [-0.4, -0.2) is 44.0 Å². The fourth-order valence-electron chi connectivity index (χ4n) is 2.59. The van der Waals surface area contributed by atoms with Crippen molar-refractivity contribution < 1.29 is 19.7 Å². The normalized spacial score (nSPS) is 21.3. The van der Waals surface area contributed by atoms with Gasteiger partial charge in [0.2, 0.25) is 0 Å². The highest BCUT2D eigenvalue weighted by Crippen LogP contribution is 2.21. The van der Waals surface area contributed by atoms with Crippen LogP contribution in [0.25, 0.3) is 0 Å². The molecule has 3 rings (SSSR count). The number of aliphatic hydroxyl groups excluding tert-OH is 1. The second kappa shape index (κ2) is 7.08. The molecule has 2 N–H and O–H groups in total. The van der Waals surface area contributed by atoms with Gasteiger partial charge in [0.25, 0.3) is 0 Å². The van der Waals surface area contributed by atoms with E-state index in [1.54, 1.807) is 23.0 Å². The molecule has 1 saturated heterocycles. The van der Waals surface area contributed by atoms with Crippen molar-refractivity contribution in [3.63, 3.8) is 0 Å². The predicted molar refractivity (Wildman–Crippen MR) is 81.7 cm³/mol. The lowest BCUT2D eigenvalue weighted by molar-refractivity contribution is -0.0960. The second-order valence-electron chi connectivity index (χ2n) is 5.88. The van der Waals surface area contributed by atoms with Gasteiger partial charge in [0.05, 0.1) is 26.0 Å². The Labute approximate surface area is 134 Å². The number of hydrogen-bond donors (Lipinski definition) is 2. The molecule has 2 aromatic rings. The molecule has 7 heteroatoms. The van der Waals surface area contributed by atoms with Gasteiger partial charge in [-0.25, -0.2) is 4.68 Å². The maximum atomic E-state index is 10.4. The van der Waals surface area contributed by atoms with E-state index in [1.165, 1.54) is 0 Å². The molecule has 1 aliphatic rings. The molecule has 0 amide bonds. The van der Waals surface area contributed by atoms with Crippen molar-refractivity contribution in [2.45, 2.75) is 38.2 Å². The smallest absolute Gasteiger partial charge is 0.134 e. The van der Waals surface area contributed by atoms with Crippen LogP contribution in [0, 0.1) is 0 Å². The standard InChI is InChI=1S/C16H21N3O4/c20-9-13-2-4-15(5-3-13)23-10-14-8-19(18-17-14)11-16(21)6-1-7-22-12-16/h2-5,8,20-21H,1,6-7,9-12H2. The average molecular weight is 319 g/mol. The summed E-state index contributed by atoms with van der Waals surface area (Å²) < 4.78 is 12.6. The molecule has 0 bridgehead atoms. The molecule has 1 aliphatic heterocycles. The maximum absolute atomic E-state index is 10.4. The van der Waals surface area contributed by atoms with Gasteiger partial charge < -0.3 is 19.7 Å². The molecule has 124 valence electrons. The molecule has 0 spiro atoms. The molecule has 0 aliphatic carbocycles. The fourth-order valence-corrected chi connectivity index (χ4v) is 2.59. The predicted octanol–water partition coefficient (Wildman–Crippen LogP) is 0.891. The van der Waals surface area contributed by atoms with Crippen molar-refractivity contribution in [2.75, 3.05) is 13.2 Å². The highest BCUT2D eigenvalue weighted by atomic mass is 16.5. The van der Waals surface area contributed by atoms with E-state index in [-0.39, 0.29) is 6.61 Å². The first kappa shape index (κ1) is 15.9. The van der Waals surface area contributed by atoms with Crippen molar-refractivity contribution in [3.8, 4) is 5.75 Å². The first-order valence-corrected chi connectivity index (χ1v) is 7.69. The lowest BCUT2D eigenvalue weighted by Gasteiger charge is -2.31. The quantitative estimate of drug-likeness (QED) is 0.822. The lowest BCUT2D eigenvalue weighted by Crippen LogP contribution is -2.42. The van der Waals surface area contributed by atoms with Crippen molar-refractivity contribution >= 4 is 0 Å². The molecule has 1 aromatic heterocycles. The van der Waals surface area contributed by atoms with Crippen molar-refractivity contribution in [3.05, 3.63) is 41.7 Å². The van der Waals surface area contributed by atoms with Crippen LogP contribution in [0.1, 0.15) is 24.1 Å². The van der Waals surface area contributed by atoms with Crippen LogP contribution in [0.5, 0.6) is 5.75 Å². The van der Waals surface area contributed by atoms with E-state index < -0.39 is 5.60 Å². The van der Waals surface area contributed by atoms with E-state index >= 15 is 0 Å². The monoisotopic (exact) mass is 319 g/mol. The Morgan fingerprint density at radius 1 is 1.30 bits per heavy atom. The number of aromatic nitrogens is 3. The SMILES string of the molecule is OCc1ccc(OCc2cn(CC3(O)CCCOC3)nn2)cc1. The molecule has 1 aromatic carbocycles. The molecule has 1 unspecified atom stereocenters. The van der Waals surface area contributed by atoms with Crippen LogP contribution in [0.15, 0.2) is 30.5 Å². The van der Waals surface area contributed by atoms with E-state index in [0.717, 1.165) is 12.0 Å². The molecule has 0 radical (unpaired) electrons. The zero-order valence-corrected chi connectivity index (χ0v) is 12.9. The van der Waals surface area contributed by atoms with E-state index in [0.29, 0.717) is 44.2 Å². The van der Waals surface area contributed by atoms with Crippen molar-refractivity contribution in [2.24, 2.45) is 0 Å². The van der Waals surface area contributed by atoms with E-state index in [4.69, 9.17) is 14.6 Å². The summed E-state index contributed by atoms with van der Waals surface area (Å²) in [7, 11) is 0. The maximum Gasteiger partial charge on any atom is 0.134 e. The molecule has 1 atom stereocenters. The number of rotatable bonds is 6. The van der Waals surface area contributed by atoms with Crippen molar-refractivity contribution in [1.29, 1.82) is 0 Å². The summed E-state index contributed by atoms with van der Waals surface area (Å²) in [6.07, 6.45) is 3.33. The largest absolute Gasteiger partial charge is 0.487 e. The topological polar surface area (TPSA) is 89.6 Å². The first-order valence-electron chi connectivity index (χ1n) is 7.69. The van der Waals surface area contributed by atoms with Crippen LogP contribution < -0.4 is 4.74 Å². The molecule has 1 fully saturated rings. The van der Waals surface area contributed by atoms with Gasteiger partial charge in [0.15, 0.2) is 0 Å². The lowest BCUT2D eigenvalue weighted by atomic mass is 9.97. The first-order chi connectivity index (χ1) is 11.2. The Morgan fingerprint density at radius 2 is 2.13 bits per heavy atom. The van der Waals surface area contributed by atoms with Gasteiger partial charge in [0.1, 0.15) is 23.7 Å². The molecule has 0 saturated carbocycles. The van der Waals surface area contributed by atoms with E-state index in [2.05, 4.69) is 10.3 Å². The van der Waals surface area contributed by atoms with Crippen LogP contribution in [0.2, 0.25) is 0 Å². The van der Waals surface area contributed by atoms with Crippen LogP contribution in [0.3, 0.4) is 0 Å². The van der Waals surface area contributed by atoms with Gasteiger partial charge >= 0.3 is 0 Å². The molecular weight excluding hydrogens is 298 g/mol. The minimum Gasteiger partial charge on any atom is -0.487 e. The molecule has 7 nitrogen and oxygen atoms in total. The third-order valence-electron chi connectivity index (χ3n) is 3.84. The van der Waals surface area contributed by atoms with Crippen molar-refractivity contribution in [1.82, 2.24) is 15.0 Å². The minimum absolute atomic E-state index is 0.0151. The Morgan fingerprint density at radius 3 is 2.83 bits per heavy atom. The minimum atomic E-state index is -0.871. The summed E-state index contributed by atoms with van der Waals surface area (Å²) in [4.78, 5) is 0. The number of nitrogens with zero attached hydrogens (tertiary/aromatic N) is 3. The van der Waals surface area contributed by atoms with Crippen LogP contribution >= 0.6 is 0 Å². The molecule has 2 heterocycles. The summed E-state index contributed by atoms with van der Waals surface area (Å²) in [5.41, 5.74) is 0.660. The van der Waals surface area contributed by atoms with E-state index in [9.17, 15) is 5.11 Å². The summed E-state index contributed by atoms with van der Waals surface area (Å²) in [6.45, 7) is 1.71. The summed E-state index contributed by atoms with van der Waals surface area (Å²) in [5.74, 6) is 0.705. The third-order valence-corrected chi connectivity index (χ3v) is 3.84. The number of hydrogen-bond acceptors (Lipinski definition) is 6. The van der Waals surface area contributed by atoms with Crippen LogP contribution in [0.4, 0.5) is 0 Å². The highest BCUT2D eigenvalue weighted by molar-refractivity contribution is 5.26. The average Bonchev–Trinajstić information content (AvgIpc) is 3.01.